The van der Waals surface area contributed by atoms with Crippen LogP contribution >= 0.6 is 37.2 Å². The number of carbonyl (C=O) groups is 2. The quantitative estimate of drug-likeness (QED) is 0.0410. The van der Waals surface area contributed by atoms with Crippen LogP contribution in [0, 0.1) is 0 Å². The molecular formula is C35H55N9O16P2S2. The van der Waals surface area contributed by atoms with Crippen LogP contribution in [0.1, 0.15) is 79.7 Å². The van der Waals surface area contributed by atoms with E-state index in [2.05, 4.69) is 45.2 Å². The predicted molar refractivity (Wildman–Crippen MR) is 231 cm³/mol. The van der Waals surface area contributed by atoms with Gasteiger partial charge in [0.05, 0.1) is 26.0 Å². The number of rotatable bonds is 20. The summed E-state index contributed by atoms with van der Waals surface area (Å²) in [5, 5.41) is 11.6. The van der Waals surface area contributed by atoms with E-state index in [9.17, 15) is 43.3 Å². The van der Waals surface area contributed by atoms with Gasteiger partial charge in [-0.1, -0.05) is 42.4 Å². The topological polar surface area (TPSA) is 348 Å². The summed E-state index contributed by atoms with van der Waals surface area (Å²) in [6.07, 6.45) is -6.41. The molecule has 5 heterocycles. The SMILES string of the molecule is CC(C)(C)OC(=O)N(CCCCSSC(C)(C)C)CCC(=O)O[C@H]1[C@@H](O)[C@H](n2cnc3c(N)ncnc32)O[C@@H]1COP(=O)(O)O[C@H]1C[C@H](n2ccc(N)nc2=O)O[C@@H]1COP(=O)(O)O. The van der Waals surface area contributed by atoms with Gasteiger partial charge in [0.2, 0.25) is 0 Å². The fourth-order valence-electron chi connectivity index (χ4n) is 6.34. The fourth-order valence-corrected chi connectivity index (χ4v) is 10.1. The van der Waals surface area contributed by atoms with Crippen LogP contribution in [0.2, 0.25) is 0 Å². The van der Waals surface area contributed by atoms with Gasteiger partial charge in [-0.3, -0.25) is 27.5 Å². The van der Waals surface area contributed by atoms with E-state index in [1.54, 1.807) is 42.4 Å². The molecule has 358 valence electrons. The molecule has 1 unspecified atom stereocenters. The number of ether oxygens (including phenoxy) is 4. The maximum atomic E-state index is 13.5. The second-order valence-corrected chi connectivity index (χ2v) is 22.5. The van der Waals surface area contributed by atoms with Gasteiger partial charge in [0, 0.05) is 36.2 Å². The van der Waals surface area contributed by atoms with Gasteiger partial charge < -0.3 is 55.1 Å². The number of nitrogens with zero attached hydrogens (tertiary/aromatic N) is 7. The highest BCUT2D eigenvalue weighted by atomic mass is 33.1. The Morgan fingerprint density at radius 1 is 0.984 bits per heavy atom. The van der Waals surface area contributed by atoms with Crippen molar-refractivity contribution in [1.82, 2.24) is 34.0 Å². The van der Waals surface area contributed by atoms with Gasteiger partial charge in [0.1, 0.15) is 53.9 Å². The van der Waals surface area contributed by atoms with Crippen LogP contribution in [0.3, 0.4) is 0 Å². The number of fused-ring (bicyclic) bond motifs is 1. The normalized spacial score (nSPS) is 23.9. The van der Waals surface area contributed by atoms with Crippen LogP contribution in [0.5, 0.6) is 0 Å². The summed E-state index contributed by atoms with van der Waals surface area (Å²) in [6, 6.07) is 1.29. The van der Waals surface area contributed by atoms with Crippen molar-refractivity contribution in [1.29, 1.82) is 0 Å². The zero-order chi connectivity index (χ0) is 47.2. The van der Waals surface area contributed by atoms with Gasteiger partial charge in [0.15, 0.2) is 23.8 Å². The summed E-state index contributed by atoms with van der Waals surface area (Å²) in [4.78, 5) is 86.1. The molecule has 0 spiro atoms. The lowest BCUT2D eigenvalue weighted by atomic mass is 10.1. The van der Waals surface area contributed by atoms with E-state index in [4.69, 9.17) is 39.5 Å². The zero-order valence-corrected chi connectivity index (χ0v) is 39.3. The number of aliphatic hydroxyl groups is 1. The fraction of sp³-hybridized carbons (Fsp3) is 0.686. The summed E-state index contributed by atoms with van der Waals surface area (Å²) in [7, 11) is -6.77. The Hall–Kier alpha value is -3.43. The Labute approximate surface area is 375 Å². The van der Waals surface area contributed by atoms with E-state index in [-0.39, 0.29) is 53.5 Å². The zero-order valence-electron chi connectivity index (χ0n) is 35.9. The van der Waals surface area contributed by atoms with Crippen LogP contribution in [0.4, 0.5) is 16.4 Å². The van der Waals surface area contributed by atoms with Gasteiger partial charge >= 0.3 is 33.4 Å². The molecule has 64 heavy (non-hydrogen) atoms. The molecule has 0 saturated carbocycles. The molecule has 2 aliphatic rings. The van der Waals surface area contributed by atoms with Crippen molar-refractivity contribution in [3.63, 3.8) is 0 Å². The maximum Gasteiger partial charge on any atom is 0.472 e. The van der Waals surface area contributed by atoms with E-state index in [1.165, 1.54) is 28.1 Å². The van der Waals surface area contributed by atoms with Gasteiger partial charge in [0.25, 0.3) is 0 Å². The van der Waals surface area contributed by atoms with Crippen LogP contribution in [0.15, 0.2) is 29.7 Å². The lowest BCUT2D eigenvalue weighted by Crippen LogP contribution is -2.41. The second kappa shape index (κ2) is 21.5. The molecule has 1 amide bonds. The third-order valence-corrected chi connectivity index (χ3v) is 14.0. The Kier molecular flexibility index (Phi) is 17.3. The monoisotopic (exact) mass is 983 g/mol. The maximum absolute atomic E-state index is 13.5. The lowest BCUT2D eigenvalue weighted by molar-refractivity contribution is -0.156. The van der Waals surface area contributed by atoms with E-state index >= 15 is 0 Å². The molecule has 2 saturated heterocycles. The highest BCUT2D eigenvalue weighted by Crippen LogP contribution is 2.50. The number of hydrogen-bond donors (Lipinski definition) is 6. The average molecular weight is 984 g/mol. The Morgan fingerprint density at radius 3 is 2.38 bits per heavy atom. The number of imidazole rings is 1. The van der Waals surface area contributed by atoms with Gasteiger partial charge in [-0.15, -0.1) is 0 Å². The second-order valence-electron chi connectivity index (χ2n) is 16.6. The first-order valence-corrected chi connectivity index (χ1v) is 25.2. The van der Waals surface area contributed by atoms with Crippen molar-refractivity contribution in [2.24, 2.45) is 0 Å². The molecule has 0 aliphatic carbocycles. The number of nitrogen functional groups attached to an aromatic ring is 2. The minimum absolute atomic E-state index is 0.0229. The van der Waals surface area contributed by atoms with Crippen LogP contribution in [-0.2, 0) is 46.4 Å². The molecular weight excluding hydrogens is 929 g/mol. The van der Waals surface area contributed by atoms with Crippen molar-refractivity contribution in [2.75, 3.05) is 43.5 Å². The first kappa shape index (κ1) is 51.6. The van der Waals surface area contributed by atoms with Crippen molar-refractivity contribution >= 4 is 72.1 Å². The van der Waals surface area contributed by atoms with Crippen molar-refractivity contribution in [2.45, 2.75) is 121 Å². The Balaban J connectivity index is 1.30. The molecule has 8 atom stereocenters. The number of phosphoric acid groups is 2. The number of phosphoric ester groups is 2. The number of esters is 1. The molecule has 8 N–H and O–H groups in total. The highest BCUT2D eigenvalue weighted by molar-refractivity contribution is 8.77. The van der Waals surface area contributed by atoms with Gasteiger partial charge in [-0.25, -0.2) is 33.7 Å². The number of aromatic nitrogens is 6. The summed E-state index contributed by atoms with van der Waals surface area (Å²) in [5.74, 6) is -0.102. The number of anilines is 2. The summed E-state index contributed by atoms with van der Waals surface area (Å²) in [5.41, 5.74) is 10.2. The minimum atomic E-state index is -5.19. The number of unbranched alkanes of at least 4 members (excludes halogenated alkanes) is 1. The first-order chi connectivity index (χ1) is 29.8. The molecule has 0 aromatic carbocycles. The third kappa shape index (κ3) is 15.1. The number of nitrogens with two attached hydrogens (primary N) is 2. The third-order valence-electron chi connectivity index (χ3n) is 9.11. The molecule has 2 aliphatic heterocycles. The standard InChI is InChI=1S/C35H55N9O16P2S2/c1-34(2,3)59-33(48)42(11-7-8-14-63-64-35(4,5)6)12-10-25(45)58-28-22(57-31(27(28)46)44-19-40-26-29(37)38-18-39-30(26)44)17-55-62(52,53)60-20-15-24(43-13-9-23(36)41-32(43)47)56-21(20)16-54-61(49,50)51/h9,13,18-22,24,27-28,31,46H,7-8,10-12,14-17H2,1-6H3,(H,52,53)(H2,36,41,47)(H2,37,38,39)(H2,49,50,51)/t20-,21+,22+,24+,27+,28+,31+/m0/s1. The molecule has 25 nitrogen and oxygen atoms in total. The summed E-state index contributed by atoms with van der Waals surface area (Å²) >= 11 is 0. The summed E-state index contributed by atoms with van der Waals surface area (Å²) in [6.45, 7) is 10.0. The van der Waals surface area contributed by atoms with E-state index < -0.39 is 95.2 Å². The van der Waals surface area contributed by atoms with Gasteiger partial charge in [-0.05, 0) is 39.7 Å². The predicted octanol–water partition coefficient (Wildman–Crippen LogP) is 2.90. The first-order valence-electron chi connectivity index (χ1n) is 19.9. The van der Waals surface area contributed by atoms with Crippen molar-refractivity contribution in [3.05, 3.63) is 35.4 Å². The van der Waals surface area contributed by atoms with Crippen LogP contribution in [-0.4, -0.2) is 139 Å². The van der Waals surface area contributed by atoms with Crippen molar-refractivity contribution in [3.8, 4) is 0 Å². The Morgan fingerprint density at radius 2 is 1.70 bits per heavy atom. The van der Waals surface area contributed by atoms with E-state index in [0.29, 0.717) is 6.42 Å². The molecule has 0 radical (unpaired) electrons. The molecule has 2 fully saturated rings. The molecule has 3 aromatic rings. The van der Waals surface area contributed by atoms with E-state index in [0.717, 1.165) is 23.1 Å². The highest BCUT2D eigenvalue weighted by Gasteiger charge is 2.50. The Bertz CT molecular complexity index is 2240. The molecule has 5 rings (SSSR count). The summed E-state index contributed by atoms with van der Waals surface area (Å²) < 4.78 is 65.8. The van der Waals surface area contributed by atoms with Crippen molar-refractivity contribution < 1.29 is 71.0 Å². The number of hydrogen-bond acceptors (Lipinski definition) is 21. The van der Waals surface area contributed by atoms with E-state index in [1.807, 2.05) is 0 Å². The largest absolute Gasteiger partial charge is 0.472 e. The molecule has 3 aromatic heterocycles. The number of amides is 1. The smallest absolute Gasteiger partial charge is 0.456 e. The lowest BCUT2D eigenvalue weighted by Gasteiger charge is -2.28. The van der Waals surface area contributed by atoms with Crippen LogP contribution in [0.25, 0.3) is 11.2 Å². The van der Waals surface area contributed by atoms with Gasteiger partial charge in [-0.2, -0.15) is 4.98 Å². The minimum Gasteiger partial charge on any atom is -0.456 e. The van der Waals surface area contributed by atoms with Crippen LogP contribution < -0.4 is 17.2 Å². The number of aliphatic hydroxyl groups excluding tert-OH is 1. The molecule has 0 bridgehead atoms. The average Bonchev–Trinajstić information content (AvgIpc) is 3.86. The molecule has 29 heteroatoms. The number of carbonyl (C=O) groups excluding carboxylic acids is 2.